The normalized spacial score (nSPS) is 13.8. The smallest absolute Gasteiger partial charge is 0.257 e. The molecule has 1 aliphatic heterocycles. The van der Waals surface area contributed by atoms with Gasteiger partial charge in [0.1, 0.15) is 0 Å². The number of likely N-dealkylation sites (tertiary alicyclic amines) is 1. The maximum Gasteiger partial charge on any atom is 0.257 e. The molecule has 0 saturated carbocycles. The van der Waals surface area contributed by atoms with Gasteiger partial charge >= 0.3 is 0 Å². The molecule has 1 N–H and O–H groups in total. The first-order valence-corrected chi connectivity index (χ1v) is 8.66. The van der Waals surface area contributed by atoms with Crippen molar-refractivity contribution in [3.63, 3.8) is 0 Å². The quantitative estimate of drug-likeness (QED) is 0.907. The van der Waals surface area contributed by atoms with Crippen molar-refractivity contribution in [3.05, 3.63) is 57.9 Å². The standard InChI is InChI=1S/C19H20ClN3O2/c1-12-7-13(2)17(16(20)8-12)22-18(24)14-9-15(11-21-10-14)19(25)23-5-3-4-6-23/h7-11H,3-6H2,1-2H3,(H,22,24). The molecule has 1 saturated heterocycles. The number of hydrogen-bond acceptors (Lipinski definition) is 3. The zero-order chi connectivity index (χ0) is 18.0. The summed E-state index contributed by atoms with van der Waals surface area (Å²) in [5.41, 5.74) is 3.26. The van der Waals surface area contributed by atoms with E-state index < -0.39 is 0 Å². The van der Waals surface area contributed by atoms with Gasteiger partial charge in [0.15, 0.2) is 0 Å². The van der Waals surface area contributed by atoms with Crippen molar-refractivity contribution in [2.45, 2.75) is 26.7 Å². The number of aryl methyl sites for hydroxylation is 2. The van der Waals surface area contributed by atoms with E-state index >= 15 is 0 Å². The Bertz CT molecular complexity index is 806. The highest BCUT2D eigenvalue weighted by Gasteiger charge is 2.21. The van der Waals surface area contributed by atoms with E-state index in [4.69, 9.17) is 11.6 Å². The number of nitrogens with zero attached hydrogens (tertiary/aromatic N) is 2. The zero-order valence-electron chi connectivity index (χ0n) is 14.3. The van der Waals surface area contributed by atoms with Crippen LogP contribution in [0.4, 0.5) is 5.69 Å². The molecule has 3 rings (SSSR count). The fraction of sp³-hybridized carbons (Fsp3) is 0.316. The molecule has 0 spiro atoms. The number of amides is 2. The zero-order valence-corrected chi connectivity index (χ0v) is 15.1. The Balaban J connectivity index is 1.81. The summed E-state index contributed by atoms with van der Waals surface area (Å²) in [7, 11) is 0. The van der Waals surface area contributed by atoms with Crippen LogP contribution >= 0.6 is 11.6 Å². The number of nitrogens with one attached hydrogen (secondary N) is 1. The third-order valence-corrected chi connectivity index (χ3v) is 4.61. The maximum atomic E-state index is 12.6. The molecular formula is C19H20ClN3O2. The lowest BCUT2D eigenvalue weighted by molar-refractivity contribution is 0.0792. The average Bonchev–Trinajstić information content (AvgIpc) is 3.12. The fourth-order valence-electron chi connectivity index (χ4n) is 3.04. The highest BCUT2D eigenvalue weighted by Crippen LogP contribution is 2.27. The van der Waals surface area contributed by atoms with Crippen molar-refractivity contribution in [1.29, 1.82) is 0 Å². The summed E-state index contributed by atoms with van der Waals surface area (Å²) in [6.07, 6.45) is 4.99. The topological polar surface area (TPSA) is 62.3 Å². The minimum absolute atomic E-state index is 0.0794. The first kappa shape index (κ1) is 17.4. The Hall–Kier alpha value is -2.40. The summed E-state index contributed by atoms with van der Waals surface area (Å²) in [5.74, 6) is -0.415. The maximum absolute atomic E-state index is 12.6. The van der Waals surface area contributed by atoms with E-state index in [2.05, 4.69) is 10.3 Å². The van der Waals surface area contributed by atoms with Crippen LogP contribution < -0.4 is 5.32 Å². The van der Waals surface area contributed by atoms with Gasteiger partial charge in [-0.1, -0.05) is 17.7 Å². The van der Waals surface area contributed by atoms with E-state index in [0.29, 0.717) is 21.8 Å². The molecule has 6 heteroatoms. The number of pyridine rings is 1. The number of aromatic nitrogens is 1. The molecule has 25 heavy (non-hydrogen) atoms. The Morgan fingerprint density at radius 1 is 1.08 bits per heavy atom. The Morgan fingerprint density at radius 3 is 2.44 bits per heavy atom. The number of anilines is 1. The first-order chi connectivity index (χ1) is 12.0. The number of carbonyl (C=O) groups excluding carboxylic acids is 2. The van der Waals surface area contributed by atoms with Crippen LogP contribution in [0.25, 0.3) is 0 Å². The molecule has 0 unspecified atom stereocenters. The third kappa shape index (κ3) is 3.82. The molecule has 5 nitrogen and oxygen atoms in total. The molecule has 130 valence electrons. The minimum atomic E-state index is -0.336. The Labute approximate surface area is 152 Å². The van der Waals surface area contributed by atoms with Crippen LogP contribution in [-0.4, -0.2) is 34.8 Å². The van der Waals surface area contributed by atoms with Gasteiger partial charge in [-0.2, -0.15) is 0 Å². The molecule has 2 amide bonds. The average molecular weight is 358 g/mol. The first-order valence-electron chi connectivity index (χ1n) is 8.28. The van der Waals surface area contributed by atoms with Gasteiger partial charge in [0.2, 0.25) is 0 Å². The molecule has 2 aromatic rings. The lowest BCUT2D eigenvalue weighted by Crippen LogP contribution is -2.28. The lowest BCUT2D eigenvalue weighted by Gasteiger charge is -2.15. The van der Waals surface area contributed by atoms with E-state index in [-0.39, 0.29) is 11.8 Å². The van der Waals surface area contributed by atoms with Crippen LogP contribution in [0.5, 0.6) is 0 Å². The second-order valence-corrected chi connectivity index (χ2v) is 6.76. The predicted octanol–water partition coefficient (Wildman–Crippen LogP) is 3.84. The Morgan fingerprint density at radius 2 is 1.76 bits per heavy atom. The largest absolute Gasteiger partial charge is 0.339 e. The van der Waals surface area contributed by atoms with E-state index in [1.807, 2.05) is 19.9 Å². The fourth-order valence-corrected chi connectivity index (χ4v) is 3.41. The molecule has 1 fully saturated rings. The molecule has 0 radical (unpaired) electrons. The van der Waals surface area contributed by atoms with Gasteiger partial charge in [0.25, 0.3) is 11.8 Å². The van der Waals surface area contributed by atoms with Crippen LogP contribution in [0.3, 0.4) is 0 Å². The van der Waals surface area contributed by atoms with Crippen molar-refractivity contribution < 1.29 is 9.59 Å². The summed E-state index contributed by atoms with van der Waals surface area (Å²) < 4.78 is 0. The number of benzene rings is 1. The molecule has 0 bridgehead atoms. The van der Waals surface area contributed by atoms with E-state index in [0.717, 1.165) is 37.1 Å². The second kappa shape index (κ2) is 7.23. The van der Waals surface area contributed by atoms with E-state index in [1.165, 1.54) is 12.4 Å². The van der Waals surface area contributed by atoms with Crippen LogP contribution in [-0.2, 0) is 0 Å². The second-order valence-electron chi connectivity index (χ2n) is 6.35. The molecule has 0 atom stereocenters. The SMILES string of the molecule is Cc1cc(C)c(NC(=O)c2cncc(C(=O)N3CCCC3)c2)c(Cl)c1. The summed E-state index contributed by atoms with van der Waals surface area (Å²) in [4.78, 5) is 30.9. The van der Waals surface area contributed by atoms with Gasteiger partial charge in [-0.25, -0.2) is 0 Å². The molecule has 2 heterocycles. The van der Waals surface area contributed by atoms with Crippen molar-refractivity contribution in [2.75, 3.05) is 18.4 Å². The summed E-state index contributed by atoms with van der Waals surface area (Å²) in [6, 6.07) is 5.34. The highest BCUT2D eigenvalue weighted by atomic mass is 35.5. The van der Waals surface area contributed by atoms with Crippen LogP contribution in [0.2, 0.25) is 5.02 Å². The van der Waals surface area contributed by atoms with Crippen LogP contribution in [0.1, 0.15) is 44.7 Å². The molecular weight excluding hydrogens is 338 g/mol. The molecule has 1 aromatic heterocycles. The predicted molar refractivity (Wildman–Crippen MR) is 98.3 cm³/mol. The lowest BCUT2D eigenvalue weighted by atomic mass is 10.1. The molecule has 1 aliphatic rings. The van der Waals surface area contributed by atoms with E-state index in [1.54, 1.807) is 17.0 Å². The summed E-state index contributed by atoms with van der Waals surface area (Å²) in [5, 5.41) is 3.31. The third-order valence-electron chi connectivity index (χ3n) is 4.31. The monoisotopic (exact) mass is 357 g/mol. The Kier molecular flexibility index (Phi) is 5.04. The summed E-state index contributed by atoms with van der Waals surface area (Å²) >= 11 is 6.24. The van der Waals surface area contributed by atoms with Gasteiger partial charge in [-0.15, -0.1) is 0 Å². The van der Waals surface area contributed by atoms with Crippen molar-refractivity contribution in [2.24, 2.45) is 0 Å². The van der Waals surface area contributed by atoms with Crippen molar-refractivity contribution >= 4 is 29.1 Å². The van der Waals surface area contributed by atoms with Crippen molar-refractivity contribution in [1.82, 2.24) is 9.88 Å². The van der Waals surface area contributed by atoms with Crippen molar-refractivity contribution in [3.8, 4) is 0 Å². The van der Waals surface area contributed by atoms with Gasteiger partial charge < -0.3 is 10.2 Å². The number of hydrogen-bond donors (Lipinski definition) is 1. The number of halogens is 1. The minimum Gasteiger partial charge on any atom is -0.339 e. The van der Waals surface area contributed by atoms with E-state index in [9.17, 15) is 9.59 Å². The highest BCUT2D eigenvalue weighted by molar-refractivity contribution is 6.34. The van der Waals surface area contributed by atoms with Gasteiger partial charge in [-0.3, -0.25) is 14.6 Å². The molecule has 0 aliphatic carbocycles. The number of carbonyl (C=O) groups is 2. The van der Waals surface area contributed by atoms with Crippen LogP contribution in [0.15, 0.2) is 30.6 Å². The van der Waals surface area contributed by atoms with Gasteiger partial charge in [-0.05, 0) is 49.9 Å². The van der Waals surface area contributed by atoms with Gasteiger partial charge in [0, 0.05) is 25.5 Å². The molecule has 1 aromatic carbocycles. The summed E-state index contributed by atoms with van der Waals surface area (Å²) in [6.45, 7) is 5.35. The van der Waals surface area contributed by atoms with Gasteiger partial charge in [0.05, 0.1) is 21.8 Å². The van der Waals surface area contributed by atoms with Crippen LogP contribution in [0, 0.1) is 13.8 Å². The number of rotatable bonds is 3.